The zero-order chi connectivity index (χ0) is 23.0. The fraction of sp³-hybridized carbons (Fsp3) is 0.440. The Morgan fingerprint density at radius 3 is 2.09 bits per heavy atom. The van der Waals surface area contributed by atoms with E-state index < -0.39 is 22.0 Å². The minimum atomic E-state index is -3.93. The summed E-state index contributed by atoms with van der Waals surface area (Å²) in [7, 11) is -3.93. The molecule has 1 saturated heterocycles. The van der Waals surface area contributed by atoms with Crippen molar-refractivity contribution in [2.24, 2.45) is 0 Å². The van der Waals surface area contributed by atoms with Crippen LogP contribution >= 0.6 is 0 Å². The number of imide groups is 1. The topological polar surface area (TPSA) is 74.8 Å². The SMILES string of the molecule is Cc1ccc(S(=O)(=O)N(C2CCCC2)C2CC(=O)N(c3ccc(C(C)C)cc3)C2=O)cc1. The van der Waals surface area contributed by atoms with Crippen molar-refractivity contribution in [3.05, 3.63) is 59.7 Å². The van der Waals surface area contributed by atoms with Gasteiger partial charge in [0.1, 0.15) is 6.04 Å². The predicted octanol–water partition coefficient (Wildman–Crippen LogP) is 4.38. The second kappa shape index (κ2) is 8.79. The van der Waals surface area contributed by atoms with Crippen molar-refractivity contribution in [1.82, 2.24) is 4.31 Å². The number of aryl methyl sites for hydroxylation is 1. The van der Waals surface area contributed by atoms with Gasteiger partial charge in [0, 0.05) is 6.04 Å². The molecule has 2 aromatic rings. The van der Waals surface area contributed by atoms with Gasteiger partial charge in [0.15, 0.2) is 0 Å². The molecule has 0 bridgehead atoms. The first-order valence-electron chi connectivity index (χ1n) is 11.3. The lowest BCUT2D eigenvalue weighted by Crippen LogP contribution is -2.49. The summed E-state index contributed by atoms with van der Waals surface area (Å²) in [5, 5.41) is 0. The molecule has 7 heteroatoms. The van der Waals surface area contributed by atoms with E-state index in [1.165, 1.54) is 4.31 Å². The Bertz CT molecular complexity index is 1100. The van der Waals surface area contributed by atoms with Crippen molar-refractivity contribution in [2.75, 3.05) is 4.90 Å². The van der Waals surface area contributed by atoms with Gasteiger partial charge in [-0.2, -0.15) is 4.31 Å². The number of anilines is 1. The first-order valence-corrected chi connectivity index (χ1v) is 12.7. The molecule has 0 aromatic heterocycles. The quantitative estimate of drug-likeness (QED) is 0.607. The Balaban J connectivity index is 1.70. The monoisotopic (exact) mass is 454 g/mol. The van der Waals surface area contributed by atoms with Gasteiger partial charge in [0.25, 0.3) is 5.91 Å². The molecular formula is C25H30N2O4S. The van der Waals surface area contributed by atoms with Gasteiger partial charge >= 0.3 is 0 Å². The fourth-order valence-corrected chi connectivity index (χ4v) is 6.53. The first-order chi connectivity index (χ1) is 15.2. The number of amides is 2. The number of sulfonamides is 1. The standard InChI is InChI=1S/C25H30N2O4S/c1-17(2)19-10-12-20(13-11-19)26-24(28)16-23(25(26)29)27(21-6-4-5-7-21)32(30,31)22-14-8-18(3)9-15-22/h8-15,17,21,23H,4-7,16H2,1-3H3. The van der Waals surface area contributed by atoms with Crippen LogP contribution in [-0.4, -0.2) is 36.6 Å². The van der Waals surface area contributed by atoms with Gasteiger partial charge in [0.2, 0.25) is 15.9 Å². The average Bonchev–Trinajstić information content (AvgIpc) is 3.37. The Morgan fingerprint density at radius 1 is 0.938 bits per heavy atom. The van der Waals surface area contributed by atoms with E-state index in [2.05, 4.69) is 13.8 Å². The van der Waals surface area contributed by atoms with Crippen molar-refractivity contribution in [2.45, 2.75) is 75.8 Å². The highest BCUT2D eigenvalue weighted by Gasteiger charge is 2.49. The second-order valence-electron chi connectivity index (χ2n) is 9.12. The fourth-order valence-electron chi connectivity index (χ4n) is 4.70. The molecule has 0 radical (unpaired) electrons. The molecule has 1 heterocycles. The molecule has 2 aliphatic rings. The van der Waals surface area contributed by atoms with Crippen LogP contribution in [0.25, 0.3) is 0 Å². The van der Waals surface area contributed by atoms with Crippen LogP contribution in [0, 0.1) is 6.92 Å². The summed E-state index contributed by atoms with van der Waals surface area (Å²) in [4.78, 5) is 27.7. The summed E-state index contributed by atoms with van der Waals surface area (Å²) in [6.07, 6.45) is 3.10. The summed E-state index contributed by atoms with van der Waals surface area (Å²) in [5.41, 5.74) is 2.56. The highest BCUT2D eigenvalue weighted by molar-refractivity contribution is 7.89. The van der Waals surface area contributed by atoms with E-state index in [1.54, 1.807) is 36.4 Å². The first kappa shape index (κ1) is 22.7. The van der Waals surface area contributed by atoms with Crippen LogP contribution in [0.2, 0.25) is 0 Å². The molecule has 2 fully saturated rings. The van der Waals surface area contributed by atoms with Gasteiger partial charge in [-0.15, -0.1) is 0 Å². The normalized spacial score (nSPS) is 20.2. The van der Waals surface area contributed by atoms with Crippen LogP contribution in [0.4, 0.5) is 5.69 Å². The highest BCUT2D eigenvalue weighted by atomic mass is 32.2. The maximum atomic E-state index is 13.7. The van der Waals surface area contributed by atoms with Gasteiger partial charge in [-0.1, -0.05) is 56.5 Å². The Kier molecular flexibility index (Phi) is 6.23. The Labute approximate surface area is 190 Å². The third kappa shape index (κ3) is 4.11. The van der Waals surface area contributed by atoms with E-state index in [0.29, 0.717) is 24.4 Å². The molecule has 1 aliphatic carbocycles. The number of nitrogens with zero attached hydrogens (tertiary/aromatic N) is 2. The number of benzene rings is 2. The molecule has 2 aromatic carbocycles. The number of carbonyl (C=O) groups excluding carboxylic acids is 2. The van der Waals surface area contributed by atoms with E-state index in [-0.39, 0.29) is 23.3 Å². The van der Waals surface area contributed by atoms with Crippen LogP contribution < -0.4 is 4.90 Å². The molecule has 32 heavy (non-hydrogen) atoms. The lowest BCUT2D eigenvalue weighted by molar-refractivity contribution is -0.122. The zero-order valence-corrected chi connectivity index (χ0v) is 19.6. The molecule has 0 N–H and O–H groups in total. The summed E-state index contributed by atoms with van der Waals surface area (Å²) >= 11 is 0. The minimum Gasteiger partial charge on any atom is -0.274 e. The summed E-state index contributed by atoms with van der Waals surface area (Å²) in [6, 6.07) is 12.7. The minimum absolute atomic E-state index is 0.133. The van der Waals surface area contributed by atoms with Gasteiger partial charge in [0.05, 0.1) is 17.0 Å². The second-order valence-corrected chi connectivity index (χ2v) is 11.0. The zero-order valence-electron chi connectivity index (χ0n) is 18.8. The van der Waals surface area contributed by atoms with E-state index in [0.717, 1.165) is 28.9 Å². The third-order valence-electron chi connectivity index (χ3n) is 6.53. The molecule has 1 saturated carbocycles. The molecule has 170 valence electrons. The molecule has 0 spiro atoms. The van der Waals surface area contributed by atoms with Crippen molar-refractivity contribution < 1.29 is 18.0 Å². The average molecular weight is 455 g/mol. The molecule has 4 rings (SSSR count). The van der Waals surface area contributed by atoms with Gasteiger partial charge in [-0.05, 0) is 55.5 Å². The van der Waals surface area contributed by atoms with Gasteiger partial charge in [-0.25, -0.2) is 13.3 Å². The molecule has 2 amide bonds. The van der Waals surface area contributed by atoms with Crippen LogP contribution in [0.3, 0.4) is 0 Å². The maximum Gasteiger partial charge on any atom is 0.252 e. The molecule has 1 unspecified atom stereocenters. The highest BCUT2D eigenvalue weighted by Crippen LogP contribution is 2.36. The number of rotatable bonds is 6. The number of hydrogen-bond acceptors (Lipinski definition) is 4. The summed E-state index contributed by atoms with van der Waals surface area (Å²) in [6.45, 7) is 6.05. The van der Waals surface area contributed by atoms with Gasteiger partial charge < -0.3 is 0 Å². The van der Waals surface area contributed by atoms with Crippen molar-refractivity contribution in [3.63, 3.8) is 0 Å². The lowest BCUT2D eigenvalue weighted by atomic mass is 10.0. The van der Waals surface area contributed by atoms with Crippen LogP contribution in [0.15, 0.2) is 53.4 Å². The summed E-state index contributed by atoms with van der Waals surface area (Å²) in [5.74, 6) is -0.492. The predicted molar refractivity (Wildman–Crippen MR) is 124 cm³/mol. The Morgan fingerprint density at radius 2 is 1.53 bits per heavy atom. The lowest BCUT2D eigenvalue weighted by Gasteiger charge is -2.32. The van der Waals surface area contributed by atoms with E-state index >= 15 is 0 Å². The van der Waals surface area contributed by atoms with Crippen LogP contribution in [0.1, 0.15) is 63.0 Å². The smallest absolute Gasteiger partial charge is 0.252 e. The van der Waals surface area contributed by atoms with Crippen molar-refractivity contribution >= 4 is 27.5 Å². The van der Waals surface area contributed by atoms with E-state index in [1.807, 2.05) is 19.1 Å². The molecule has 6 nitrogen and oxygen atoms in total. The van der Waals surface area contributed by atoms with Crippen molar-refractivity contribution in [1.29, 1.82) is 0 Å². The summed E-state index contributed by atoms with van der Waals surface area (Å²) < 4.78 is 28.7. The maximum absolute atomic E-state index is 13.7. The largest absolute Gasteiger partial charge is 0.274 e. The number of hydrogen-bond donors (Lipinski definition) is 0. The van der Waals surface area contributed by atoms with Crippen LogP contribution in [0.5, 0.6) is 0 Å². The molecule has 1 atom stereocenters. The van der Waals surface area contributed by atoms with E-state index in [4.69, 9.17) is 0 Å². The van der Waals surface area contributed by atoms with Crippen LogP contribution in [-0.2, 0) is 19.6 Å². The Hall–Kier alpha value is -2.51. The third-order valence-corrected chi connectivity index (χ3v) is 8.50. The van der Waals surface area contributed by atoms with E-state index in [9.17, 15) is 18.0 Å². The van der Waals surface area contributed by atoms with Gasteiger partial charge in [-0.3, -0.25) is 9.59 Å². The molecular weight excluding hydrogens is 424 g/mol. The van der Waals surface area contributed by atoms with Crippen molar-refractivity contribution in [3.8, 4) is 0 Å². The number of carbonyl (C=O) groups is 2. The molecule has 1 aliphatic heterocycles.